The molecule has 10 heteroatoms. The molecular weight excluding hydrogens is 574 g/mol. The standard InChI is InChI=1S/C34H51N5O4S/c1-23(25-17-19-26(20-18-25)30-24(2)36-22-44-30)37-32(42)27-14-13-21-39(27)33(43)31(34(3,4)5)38-29(41)16-12-10-8-7-9-11-15-28(40)35-6/h17-20,22-23,27,31H,7-16,21H2,1-6H3,(H,35,40)(H,37,42)(H,38,41)/t23-,27-,31+/m0/s1. The fourth-order valence-corrected chi connectivity index (χ4v) is 6.46. The second-order valence-electron chi connectivity index (χ2n) is 13.0. The Morgan fingerprint density at radius 3 is 2.14 bits per heavy atom. The van der Waals surface area contributed by atoms with Crippen LogP contribution in [0.25, 0.3) is 10.4 Å². The lowest BCUT2D eigenvalue weighted by Crippen LogP contribution is -2.57. The lowest BCUT2D eigenvalue weighted by molar-refractivity contribution is -0.144. The summed E-state index contributed by atoms with van der Waals surface area (Å²) in [5, 5.41) is 8.76. The van der Waals surface area contributed by atoms with Crippen LogP contribution < -0.4 is 16.0 Å². The molecule has 0 aliphatic carbocycles. The van der Waals surface area contributed by atoms with Crippen LogP contribution in [-0.4, -0.2) is 59.2 Å². The molecule has 4 amide bonds. The molecule has 1 fully saturated rings. The maximum absolute atomic E-state index is 13.8. The Labute approximate surface area is 267 Å². The zero-order valence-electron chi connectivity index (χ0n) is 27.3. The van der Waals surface area contributed by atoms with Crippen molar-refractivity contribution in [2.75, 3.05) is 13.6 Å². The van der Waals surface area contributed by atoms with Crippen LogP contribution in [0.5, 0.6) is 0 Å². The number of nitrogens with one attached hydrogen (secondary N) is 3. The van der Waals surface area contributed by atoms with Crippen molar-refractivity contribution in [2.24, 2.45) is 5.41 Å². The third-order valence-corrected chi connectivity index (χ3v) is 9.35. The number of unbranched alkanes of at least 4 members (excludes halogenated alkanes) is 5. The molecule has 1 aromatic carbocycles. The van der Waals surface area contributed by atoms with E-state index in [1.165, 1.54) is 0 Å². The van der Waals surface area contributed by atoms with Gasteiger partial charge in [0.2, 0.25) is 23.6 Å². The minimum absolute atomic E-state index is 0.0734. The molecule has 3 rings (SSSR count). The molecule has 0 bridgehead atoms. The van der Waals surface area contributed by atoms with E-state index >= 15 is 0 Å². The first-order valence-electron chi connectivity index (χ1n) is 16.0. The molecular formula is C34H51N5O4S. The van der Waals surface area contributed by atoms with Crippen LogP contribution in [0.4, 0.5) is 0 Å². The second-order valence-corrected chi connectivity index (χ2v) is 13.8. The van der Waals surface area contributed by atoms with Crippen molar-refractivity contribution in [3.05, 3.63) is 41.0 Å². The third kappa shape index (κ3) is 10.1. The van der Waals surface area contributed by atoms with Gasteiger partial charge in [0.25, 0.3) is 0 Å². The smallest absolute Gasteiger partial charge is 0.246 e. The largest absolute Gasteiger partial charge is 0.359 e. The highest BCUT2D eigenvalue weighted by atomic mass is 32.1. The number of aromatic nitrogens is 1. The van der Waals surface area contributed by atoms with Gasteiger partial charge in [-0.3, -0.25) is 19.2 Å². The molecule has 0 radical (unpaired) electrons. The number of rotatable bonds is 15. The normalized spacial score (nSPS) is 16.3. The van der Waals surface area contributed by atoms with Crippen LogP contribution in [-0.2, 0) is 19.2 Å². The Bertz CT molecular complexity index is 1250. The van der Waals surface area contributed by atoms with Crippen molar-refractivity contribution < 1.29 is 19.2 Å². The summed E-state index contributed by atoms with van der Waals surface area (Å²) in [7, 11) is 1.65. The Hall–Kier alpha value is -3.27. The highest BCUT2D eigenvalue weighted by Gasteiger charge is 2.42. The molecule has 0 unspecified atom stereocenters. The van der Waals surface area contributed by atoms with Crippen LogP contribution in [0.3, 0.4) is 0 Å². The minimum atomic E-state index is -0.715. The van der Waals surface area contributed by atoms with E-state index in [1.807, 2.05) is 52.3 Å². The van der Waals surface area contributed by atoms with Gasteiger partial charge >= 0.3 is 0 Å². The number of amides is 4. The van der Waals surface area contributed by atoms with E-state index in [1.54, 1.807) is 23.3 Å². The maximum atomic E-state index is 13.8. The number of carbonyl (C=O) groups excluding carboxylic acids is 4. The van der Waals surface area contributed by atoms with Crippen LogP contribution in [0, 0.1) is 12.3 Å². The monoisotopic (exact) mass is 625 g/mol. The molecule has 242 valence electrons. The van der Waals surface area contributed by atoms with Crippen LogP contribution in [0.15, 0.2) is 29.8 Å². The summed E-state index contributed by atoms with van der Waals surface area (Å²) >= 11 is 1.61. The first kappa shape index (κ1) is 35.2. The van der Waals surface area contributed by atoms with Gasteiger partial charge in [0.05, 0.1) is 22.1 Å². The van der Waals surface area contributed by atoms with Crippen molar-refractivity contribution in [3.63, 3.8) is 0 Å². The molecule has 1 aliphatic heterocycles. The number of thiazole rings is 1. The van der Waals surface area contributed by atoms with Crippen molar-refractivity contribution in [2.45, 2.75) is 117 Å². The average Bonchev–Trinajstić information content (AvgIpc) is 3.65. The van der Waals surface area contributed by atoms with E-state index in [2.05, 4.69) is 33.1 Å². The summed E-state index contributed by atoms with van der Waals surface area (Å²) < 4.78 is 0. The van der Waals surface area contributed by atoms with Gasteiger partial charge < -0.3 is 20.9 Å². The molecule has 2 aromatic rings. The summed E-state index contributed by atoms with van der Waals surface area (Å²) in [5.74, 6) is -0.426. The summed E-state index contributed by atoms with van der Waals surface area (Å²) in [5.41, 5.74) is 4.43. The number of hydrogen-bond donors (Lipinski definition) is 3. The highest BCUT2D eigenvalue weighted by Crippen LogP contribution is 2.29. The molecule has 0 spiro atoms. The van der Waals surface area contributed by atoms with Crippen LogP contribution >= 0.6 is 11.3 Å². The molecule has 1 saturated heterocycles. The molecule has 9 nitrogen and oxygen atoms in total. The van der Waals surface area contributed by atoms with Crippen LogP contribution in [0.2, 0.25) is 0 Å². The van der Waals surface area contributed by atoms with Crippen molar-refractivity contribution >= 4 is 35.0 Å². The number of aryl methyl sites for hydroxylation is 1. The Balaban J connectivity index is 1.51. The summed E-state index contributed by atoms with van der Waals surface area (Å²) in [6.07, 6.45) is 7.89. The van der Waals surface area contributed by atoms with Crippen molar-refractivity contribution in [1.29, 1.82) is 0 Å². The minimum Gasteiger partial charge on any atom is -0.359 e. The highest BCUT2D eigenvalue weighted by molar-refractivity contribution is 7.13. The first-order chi connectivity index (χ1) is 20.9. The molecule has 2 heterocycles. The lowest BCUT2D eigenvalue weighted by atomic mass is 9.85. The van der Waals surface area contributed by atoms with E-state index in [-0.39, 0.29) is 29.7 Å². The van der Waals surface area contributed by atoms with Gasteiger partial charge in [0.15, 0.2) is 0 Å². The van der Waals surface area contributed by atoms with E-state index in [4.69, 9.17) is 0 Å². The van der Waals surface area contributed by atoms with Gasteiger partial charge in [-0.2, -0.15) is 0 Å². The van der Waals surface area contributed by atoms with Crippen molar-refractivity contribution in [3.8, 4) is 10.4 Å². The number of hydrogen-bond acceptors (Lipinski definition) is 6. The van der Waals surface area contributed by atoms with Gasteiger partial charge in [0.1, 0.15) is 12.1 Å². The second kappa shape index (κ2) is 16.7. The van der Waals surface area contributed by atoms with E-state index < -0.39 is 17.5 Å². The summed E-state index contributed by atoms with van der Waals surface area (Å²) in [4.78, 5) is 58.6. The average molecular weight is 626 g/mol. The zero-order chi connectivity index (χ0) is 32.3. The molecule has 0 saturated carbocycles. The Morgan fingerprint density at radius 1 is 0.955 bits per heavy atom. The number of likely N-dealkylation sites (tertiary alicyclic amines) is 1. The fraction of sp³-hybridized carbons (Fsp3) is 0.618. The van der Waals surface area contributed by atoms with Gasteiger partial charge in [-0.1, -0.05) is 70.7 Å². The third-order valence-electron chi connectivity index (χ3n) is 8.37. The van der Waals surface area contributed by atoms with Gasteiger partial charge in [0, 0.05) is 26.4 Å². The van der Waals surface area contributed by atoms with Gasteiger partial charge in [-0.05, 0) is 56.1 Å². The molecule has 44 heavy (non-hydrogen) atoms. The van der Waals surface area contributed by atoms with E-state index in [0.717, 1.165) is 66.6 Å². The topological polar surface area (TPSA) is 121 Å². The van der Waals surface area contributed by atoms with E-state index in [9.17, 15) is 19.2 Å². The van der Waals surface area contributed by atoms with Gasteiger partial charge in [-0.25, -0.2) is 4.98 Å². The first-order valence-corrected chi connectivity index (χ1v) is 16.9. The summed E-state index contributed by atoms with van der Waals surface area (Å²) in [6, 6.07) is 6.66. The molecule has 1 aromatic heterocycles. The zero-order valence-corrected chi connectivity index (χ0v) is 28.1. The van der Waals surface area contributed by atoms with Crippen LogP contribution in [0.1, 0.15) is 109 Å². The Kier molecular flexibility index (Phi) is 13.4. The SMILES string of the molecule is CNC(=O)CCCCCCCCC(=O)N[C@H](C(=O)N1CCC[C@H]1C(=O)N[C@@H](C)c1ccc(-c2scnc2C)cc1)C(C)(C)C. The fourth-order valence-electron chi connectivity index (χ4n) is 5.65. The van der Waals surface area contributed by atoms with Crippen molar-refractivity contribution in [1.82, 2.24) is 25.8 Å². The molecule has 1 aliphatic rings. The predicted molar refractivity (Wildman–Crippen MR) is 176 cm³/mol. The molecule has 3 atom stereocenters. The number of nitrogens with zero attached hydrogens (tertiary/aromatic N) is 2. The number of carbonyl (C=O) groups is 4. The predicted octanol–water partition coefficient (Wildman–Crippen LogP) is 5.68. The van der Waals surface area contributed by atoms with Gasteiger partial charge in [-0.15, -0.1) is 11.3 Å². The summed E-state index contributed by atoms with van der Waals surface area (Å²) in [6.45, 7) is 10.3. The quantitative estimate of drug-likeness (QED) is 0.220. The lowest BCUT2D eigenvalue weighted by Gasteiger charge is -2.35. The molecule has 3 N–H and O–H groups in total. The Morgan fingerprint density at radius 2 is 1.57 bits per heavy atom. The van der Waals surface area contributed by atoms with E-state index in [0.29, 0.717) is 25.8 Å². The maximum Gasteiger partial charge on any atom is 0.246 e. The number of benzene rings is 1.